The average molecular weight is 327 g/mol. The molecular formula is C9H8ClIO3. The molecule has 0 amide bonds. The molecule has 1 aromatic rings. The van der Waals surface area contributed by atoms with E-state index in [1.165, 1.54) is 6.92 Å². The normalized spacial score (nSPS) is 12.2. The minimum absolute atomic E-state index is 0.532. The largest absolute Gasteiger partial charge is 0.479 e. The summed E-state index contributed by atoms with van der Waals surface area (Å²) in [6.07, 6.45) is -0.857. The van der Waals surface area contributed by atoms with Crippen LogP contribution in [0.2, 0.25) is 5.02 Å². The number of rotatable bonds is 3. The molecule has 0 bridgehead atoms. The lowest BCUT2D eigenvalue weighted by Gasteiger charge is -2.11. The molecular weight excluding hydrogens is 318 g/mol. The number of carboxylic acid groups (broad SMARTS) is 1. The lowest BCUT2D eigenvalue weighted by molar-refractivity contribution is -0.144. The molecule has 0 spiro atoms. The molecule has 1 N–H and O–H groups in total. The van der Waals surface area contributed by atoms with Crippen LogP contribution in [0.4, 0.5) is 0 Å². The van der Waals surface area contributed by atoms with Gasteiger partial charge in [0.05, 0.1) is 3.57 Å². The molecule has 0 fully saturated rings. The van der Waals surface area contributed by atoms with E-state index >= 15 is 0 Å². The Balaban J connectivity index is 2.82. The van der Waals surface area contributed by atoms with E-state index in [4.69, 9.17) is 21.4 Å². The number of benzene rings is 1. The second-order valence-electron chi connectivity index (χ2n) is 2.67. The molecule has 3 nitrogen and oxygen atoms in total. The van der Waals surface area contributed by atoms with Gasteiger partial charge in [0.2, 0.25) is 0 Å². The van der Waals surface area contributed by atoms with E-state index in [-0.39, 0.29) is 0 Å². The van der Waals surface area contributed by atoms with Gasteiger partial charge in [-0.2, -0.15) is 0 Å². The van der Waals surface area contributed by atoms with E-state index in [9.17, 15) is 4.79 Å². The van der Waals surface area contributed by atoms with Crippen LogP contribution >= 0.6 is 34.2 Å². The summed E-state index contributed by atoms with van der Waals surface area (Å²) in [7, 11) is 0. The highest BCUT2D eigenvalue weighted by atomic mass is 127. The van der Waals surface area contributed by atoms with Gasteiger partial charge in [0.15, 0.2) is 6.10 Å². The third-order valence-corrected chi connectivity index (χ3v) is 2.62. The number of carboxylic acids is 1. The minimum Gasteiger partial charge on any atom is -0.479 e. The van der Waals surface area contributed by atoms with Crippen molar-refractivity contribution in [2.75, 3.05) is 0 Å². The topological polar surface area (TPSA) is 46.5 Å². The maximum atomic E-state index is 10.5. The summed E-state index contributed by atoms with van der Waals surface area (Å²) in [4.78, 5) is 10.5. The molecule has 0 aliphatic heterocycles. The highest BCUT2D eigenvalue weighted by Gasteiger charge is 2.13. The van der Waals surface area contributed by atoms with Gasteiger partial charge in [-0.15, -0.1) is 0 Å². The Morgan fingerprint density at radius 3 is 2.79 bits per heavy atom. The number of hydrogen-bond donors (Lipinski definition) is 1. The fraction of sp³-hybridized carbons (Fsp3) is 0.222. The monoisotopic (exact) mass is 326 g/mol. The van der Waals surface area contributed by atoms with Crippen molar-refractivity contribution in [3.8, 4) is 5.75 Å². The summed E-state index contributed by atoms with van der Waals surface area (Å²) >= 11 is 7.78. The molecule has 5 heteroatoms. The molecule has 0 aliphatic carbocycles. The van der Waals surface area contributed by atoms with Crippen LogP contribution < -0.4 is 4.74 Å². The molecule has 0 aromatic heterocycles. The first-order valence-corrected chi connectivity index (χ1v) is 5.31. The van der Waals surface area contributed by atoms with Gasteiger partial charge in [0, 0.05) is 5.02 Å². The van der Waals surface area contributed by atoms with Crippen molar-refractivity contribution < 1.29 is 14.6 Å². The van der Waals surface area contributed by atoms with E-state index < -0.39 is 12.1 Å². The highest BCUT2D eigenvalue weighted by Crippen LogP contribution is 2.25. The zero-order valence-corrected chi connectivity index (χ0v) is 10.2. The molecule has 0 saturated heterocycles. The van der Waals surface area contributed by atoms with Gasteiger partial charge in [0.1, 0.15) is 5.75 Å². The first-order valence-electron chi connectivity index (χ1n) is 3.85. The first kappa shape index (κ1) is 11.6. The molecule has 1 aromatic carbocycles. The number of aliphatic carboxylic acids is 1. The van der Waals surface area contributed by atoms with Gasteiger partial charge < -0.3 is 9.84 Å². The fourth-order valence-corrected chi connectivity index (χ4v) is 1.81. The number of halogens is 2. The zero-order chi connectivity index (χ0) is 10.7. The van der Waals surface area contributed by atoms with Crippen molar-refractivity contribution in [3.05, 3.63) is 26.8 Å². The molecule has 0 heterocycles. The SMILES string of the molecule is C[C@H](Oc1ccc(Cl)cc1I)C(=O)O. The molecule has 0 saturated carbocycles. The van der Waals surface area contributed by atoms with Crippen molar-refractivity contribution in [2.24, 2.45) is 0 Å². The van der Waals surface area contributed by atoms with Gasteiger partial charge in [-0.25, -0.2) is 4.79 Å². The van der Waals surface area contributed by atoms with Crippen molar-refractivity contribution >= 4 is 40.2 Å². The van der Waals surface area contributed by atoms with Crippen LogP contribution in [0.3, 0.4) is 0 Å². The molecule has 0 aliphatic rings. The summed E-state index contributed by atoms with van der Waals surface area (Å²) in [6.45, 7) is 1.48. The Hall–Kier alpha value is -0.490. The van der Waals surface area contributed by atoms with Crippen molar-refractivity contribution in [2.45, 2.75) is 13.0 Å². The van der Waals surface area contributed by atoms with Crippen LogP contribution in [0.1, 0.15) is 6.92 Å². The second-order valence-corrected chi connectivity index (χ2v) is 4.27. The van der Waals surface area contributed by atoms with Crippen LogP contribution in [-0.4, -0.2) is 17.2 Å². The first-order chi connectivity index (χ1) is 6.50. The van der Waals surface area contributed by atoms with E-state index in [1.54, 1.807) is 18.2 Å². The van der Waals surface area contributed by atoms with Crippen molar-refractivity contribution in [1.29, 1.82) is 0 Å². The quantitative estimate of drug-likeness (QED) is 0.869. The summed E-state index contributed by atoms with van der Waals surface area (Å²) in [5.74, 6) is -0.458. The highest BCUT2D eigenvalue weighted by molar-refractivity contribution is 14.1. The maximum Gasteiger partial charge on any atom is 0.344 e. The zero-order valence-electron chi connectivity index (χ0n) is 7.33. The Morgan fingerprint density at radius 2 is 2.29 bits per heavy atom. The molecule has 1 rings (SSSR count). The van der Waals surface area contributed by atoms with Crippen LogP contribution in [-0.2, 0) is 4.79 Å². The van der Waals surface area contributed by atoms with Gasteiger partial charge in [-0.05, 0) is 47.7 Å². The fourth-order valence-electron chi connectivity index (χ4n) is 0.812. The predicted molar refractivity (Wildman–Crippen MR) is 61.9 cm³/mol. The van der Waals surface area contributed by atoms with Crippen LogP contribution in [0, 0.1) is 3.57 Å². The Bertz CT molecular complexity index is 354. The Kier molecular flexibility index (Phi) is 4.00. The van der Waals surface area contributed by atoms with Gasteiger partial charge in [-0.1, -0.05) is 11.6 Å². The summed E-state index contributed by atoms with van der Waals surface area (Å²) in [5.41, 5.74) is 0. The molecule has 14 heavy (non-hydrogen) atoms. The molecule has 0 radical (unpaired) electrons. The van der Waals surface area contributed by atoms with Gasteiger partial charge in [0.25, 0.3) is 0 Å². The van der Waals surface area contributed by atoms with Crippen LogP contribution in [0.5, 0.6) is 5.75 Å². The average Bonchev–Trinajstić information content (AvgIpc) is 2.09. The van der Waals surface area contributed by atoms with Gasteiger partial charge >= 0.3 is 5.97 Å². The predicted octanol–water partition coefficient (Wildman–Crippen LogP) is 2.80. The summed E-state index contributed by atoms with van der Waals surface area (Å²) in [5, 5.41) is 9.24. The molecule has 76 valence electrons. The number of hydrogen-bond acceptors (Lipinski definition) is 2. The second kappa shape index (κ2) is 4.84. The van der Waals surface area contributed by atoms with E-state index in [0.29, 0.717) is 10.8 Å². The maximum absolute atomic E-state index is 10.5. The minimum atomic E-state index is -0.990. The molecule has 0 unspecified atom stereocenters. The Morgan fingerprint density at radius 1 is 1.64 bits per heavy atom. The van der Waals surface area contributed by atoms with E-state index in [0.717, 1.165) is 3.57 Å². The Labute approximate surface area is 100 Å². The van der Waals surface area contributed by atoms with Crippen molar-refractivity contribution in [1.82, 2.24) is 0 Å². The van der Waals surface area contributed by atoms with E-state index in [1.807, 2.05) is 22.6 Å². The van der Waals surface area contributed by atoms with Crippen LogP contribution in [0.25, 0.3) is 0 Å². The standard InChI is InChI=1S/C9H8ClIO3/c1-5(9(12)13)14-8-3-2-6(10)4-7(8)11/h2-5H,1H3,(H,12,13)/t5-/m0/s1. The number of ether oxygens (including phenoxy) is 1. The number of carbonyl (C=O) groups is 1. The van der Waals surface area contributed by atoms with Crippen molar-refractivity contribution in [3.63, 3.8) is 0 Å². The summed E-state index contributed by atoms with van der Waals surface area (Å²) < 4.78 is 5.99. The third kappa shape index (κ3) is 3.02. The lowest BCUT2D eigenvalue weighted by Crippen LogP contribution is -2.23. The smallest absolute Gasteiger partial charge is 0.344 e. The van der Waals surface area contributed by atoms with Gasteiger partial charge in [-0.3, -0.25) is 0 Å². The molecule has 1 atom stereocenters. The summed E-state index contributed by atoms with van der Waals surface area (Å²) in [6, 6.07) is 5.03. The van der Waals surface area contributed by atoms with E-state index in [2.05, 4.69) is 0 Å². The lowest BCUT2D eigenvalue weighted by atomic mass is 10.3. The third-order valence-electron chi connectivity index (χ3n) is 1.55. The van der Waals surface area contributed by atoms with Crippen LogP contribution in [0.15, 0.2) is 18.2 Å².